The molecule has 1 aromatic carbocycles. The largest absolute Gasteiger partial charge is 0.508 e. The minimum absolute atomic E-state index is 0.0733. The number of Topliss-reactive ketones (excluding diaryl/α,β-unsaturated/α-hetero) is 1. The highest BCUT2D eigenvalue weighted by Crippen LogP contribution is 2.34. The van der Waals surface area contributed by atoms with Gasteiger partial charge in [-0.15, -0.1) is 0 Å². The summed E-state index contributed by atoms with van der Waals surface area (Å²) in [6, 6.07) is 8.06. The van der Waals surface area contributed by atoms with Crippen molar-refractivity contribution in [2.45, 2.75) is 0 Å². The number of allylic oxidation sites excluding steroid dienone is 1. The average Bonchev–Trinajstić information content (AvgIpc) is 2.67. The van der Waals surface area contributed by atoms with Crippen LogP contribution in [0.15, 0.2) is 48.5 Å². The number of benzene rings is 1. The molecule has 0 aliphatic carbocycles. The van der Waals surface area contributed by atoms with Crippen LogP contribution in [-0.2, 0) is 0 Å². The fourth-order valence-electron chi connectivity index (χ4n) is 1.79. The predicted octanol–water partition coefficient (Wildman–Crippen LogP) is 2.40. The standard InChI is InChI=1S/C14H9NO3/c16-10-3-4-11-12(7-10)18-13(14(11)17)6-9-2-1-5-15-8-9/h1-8,16H/b13-6+. The van der Waals surface area contributed by atoms with Crippen LogP contribution >= 0.6 is 0 Å². The van der Waals surface area contributed by atoms with E-state index >= 15 is 0 Å². The second kappa shape index (κ2) is 4.00. The molecule has 1 aromatic heterocycles. The van der Waals surface area contributed by atoms with Crippen molar-refractivity contribution in [1.29, 1.82) is 0 Å². The van der Waals surface area contributed by atoms with E-state index < -0.39 is 0 Å². The average molecular weight is 239 g/mol. The van der Waals surface area contributed by atoms with Gasteiger partial charge in [-0.1, -0.05) is 6.07 Å². The Hall–Kier alpha value is -2.62. The van der Waals surface area contributed by atoms with Gasteiger partial charge in [0.05, 0.1) is 5.56 Å². The molecule has 0 bridgehead atoms. The Morgan fingerprint density at radius 1 is 1.28 bits per heavy atom. The zero-order chi connectivity index (χ0) is 12.5. The molecule has 0 atom stereocenters. The summed E-state index contributed by atoms with van der Waals surface area (Å²) in [5.74, 6) is 0.511. The third kappa shape index (κ3) is 1.73. The van der Waals surface area contributed by atoms with E-state index in [4.69, 9.17) is 4.74 Å². The fourth-order valence-corrected chi connectivity index (χ4v) is 1.79. The second-order valence-electron chi connectivity index (χ2n) is 3.91. The minimum atomic E-state index is -0.186. The highest BCUT2D eigenvalue weighted by atomic mass is 16.5. The van der Waals surface area contributed by atoms with Crippen molar-refractivity contribution in [1.82, 2.24) is 4.98 Å². The third-order valence-electron chi connectivity index (χ3n) is 2.64. The molecule has 0 saturated heterocycles. The van der Waals surface area contributed by atoms with Crippen LogP contribution in [0.25, 0.3) is 6.08 Å². The van der Waals surface area contributed by atoms with Gasteiger partial charge in [0.15, 0.2) is 5.76 Å². The molecule has 3 rings (SSSR count). The number of rotatable bonds is 1. The molecule has 0 radical (unpaired) electrons. The van der Waals surface area contributed by atoms with Crippen molar-refractivity contribution in [3.8, 4) is 11.5 Å². The van der Waals surface area contributed by atoms with Crippen LogP contribution in [0.5, 0.6) is 11.5 Å². The molecule has 18 heavy (non-hydrogen) atoms. The number of ketones is 1. The normalized spacial score (nSPS) is 15.6. The van der Waals surface area contributed by atoms with Crippen LogP contribution in [-0.4, -0.2) is 15.9 Å². The summed E-state index contributed by atoms with van der Waals surface area (Å²) in [5, 5.41) is 9.34. The molecule has 2 heterocycles. The summed E-state index contributed by atoms with van der Waals surface area (Å²) in [7, 11) is 0. The molecule has 4 heteroatoms. The van der Waals surface area contributed by atoms with Crippen LogP contribution in [0.2, 0.25) is 0 Å². The van der Waals surface area contributed by atoms with Crippen LogP contribution in [0.3, 0.4) is 0 Å². The Morgan fingerprint density at radius 3 is 2.94 bits per heavy atom. The first-order valence-corrected chi connectivity index (χ1v) is 5.41. The number of fused-ring (bicyclic) bond motifs is 1. The van der Waals surface area contributed by atoms with E-state index in [9.17, 15) is 9.90 Å². The van der Waals surface area contributed by atoms with Gasteiger partial charge in [0.2, 0.25) is 5.78 Å². The van der Waals surface area contributed by atoms with Gasteiger partial charge in [-0.25, -0.2) is 0 Å². The zero-order valence-corrected chi connectivity index (χ0v) is 9.33. The van der Waals surface area contributed by atoms with E-state index in [-0.39, 0.29) is 17.3 Å². The number of aromatic nitrogens is 1. The molecule has 0 spiro atoms. The maximum Gasteiger partial charge on any atom is 0.231 e. The molecule has 1 aliphatic rings. The number of aromatic hydroxyl groups is 1. The van der Waals surface area contributed by atoms with Crippen molar-refractivity contribution in [3.05, 3.63) is 59.6 Å². The molecule has 2 aromatic rings. The summed E-state index contributed by atoms with van der Waals surface area (Å²) in [4.78, 5) is 16.0. The number of hydrogen-bond donors (Lipinski definition) is 1. The highest BCUT2D eigenvalue weighted by molar-refractivity contribution is 6.14. The smallest absolute Gasteiger partial charge is 0.231 e. The number of pyridine rings is 1. The molecular weight excluding hydrogens is 230 g/mol. The lowest BCUT2D eigenvalue weighted by atomic mass is 10.1. The van der Waals surface area contributed by atoms with Crippen molar-refractivity contribution in [3.63, 3.8) is 0 Å². The van der Waals surface area contributed by atoms with Gasteiger partial charge in [-0.3, -0.25) is 9.78 Å². The van der Waals surface area contributed by atoms with Crippen LogP contribution in [0, 0.1) is 0 Å². The Morgan fingerprint density at radius 2 is 2.17 bits per heavy atom. The topological polar surface area (TPSA) is 59.4 Å². The SMILES string of the molecule is O=C1/C(=C\c2cccnc2)Oc2cc(O)ccc21. The van der Waals surface area contributed by atoms with Crippen LogP contribution < -0.4 is 4.74 Å². The molecule has 0 unspecified atom stereocenters. The number of phenols is 1. The number of nitrogens with zero attached hydrogens (tertiary/aromatic N) is 1. The maximum atomic E-state index is 12.0. The molecule has 0 amide bonds. The lowest BCUT2D eigenvalue weighted by Gasteiger charge is -1.98. The maximum absolute atomic E-state index is 12.0. The van der Waals surface area contributed by atoms with Gasteiger partial charge >= 0.3 is 0 Å². The lowest BCUT2D eigenvalue weighted by molar-refractivity contribution is 0.101. The first kappa shape index (κ1) is 10.5. The minimum Gasteiger partial charge on any atom is -0.508 e. The van der Waals surface area contributed by atoms with Crippen LogP contribution in [0.1, 0.15) is 15.9 Å². The van der Waals surface area contributed by atoms with E-state index in [0.29, 0.717) is 11.3 Å². The van der Waals surface area contributed by atoms with E-state index in [1.807, 2.05) is 6.07 Å². The van der Waals surface area contributed by atoms with Crippen molar-refractivity contribution >= 4 is 11.9 Å². The fraction of sp³-hybridized carbons (Fsp3) is 0. The van der Waals surface area contributed by atoms with E-state index in [0.717, 1.165) is 5.56 Å². The number of carbonyl (C=O) groups is 1. The molecule has 4 nitrogen and oxygen atoms in total. The van der Waals surface area contributed by atoms with Crippen molar-refractivity contribution in [2.24, 2.45) is 0 Å². The lowest BCUT2D eigenvalue weighted by Crippen LogP contribution is -1.97. The van der Waals surface area contributed by atoms with E-state index in [1.54, 1.807) is 30.6 Å². The predicted molar refractivity (Wildman–Crippen MR) is 65.3 cm³/mol. The molecule has 0 fully saturated rings. The molecule has 0 saturated carbocycles. The van der Waals surface area contributed by atoms with E-state index in [1.165, 1.54) is 12.1 Å². The van der Waals surface area contributed by atoms with E-state index in [2.05, 4.69) is 4.98 Å². The monoisotopic (exact) mass is 239 g/mol. The highest BCUT2D eigenvalue weighted by Gasteiger charge is 2.27. The second-order valence-corrected chi connectivity index (χ2v) is 3.91. The number of phenolic OH excluding ortho intramolecular Hbond substituents is 1. The summed E-state index contributed by atoms with van der Waals surface area (Å²) in [6.45, 7) is 0. The Labute approximate surface area is 103 Å². The third-order valence-corrected chi connectivity index (χ3v) is 2.64. The van der Waals surface area contributed by atoms with Gasteiger partial charge in [0, 0.05) is 18.5 Å². The van der Waals surface area contributed by atoms with Crippen molar-refractivity contribution in [2.75, 3.05) is 0 Å². The van der Waals surface area contributed by atoms with Gasteiger partial charge in [0.1, 0.15) is 11.5 Å². The van der Waals surface area contributed by atoms with Gasteiger partial charge in [0.25, 0.3) is 0 Å². The Bertz CT molecular complexity index is 647. The van der Waals surface area contributed by atoms with Gasteiger partial charge in [-0.05, 0) is 29.8 Å². The summed E-state index contributed by atoms with van der Waals surface area (Å²) in [6.07, 6.45) is 4.93. The quantitative estimate of drug-likeness (QED) is 0.776. The first-order valence-electron chi connectivity index (χ1n) is 5.41. The number of ether oxygens (including phenoxy) is 1. The summed E-state index contributed by atoms with van der Waals surface area (Å²) in [5.41, 5.74) is 1.25. The van der Waals surface area contributed by atoms with Gasteiger partial charge in [-0.2, -0.15) is 0 Å². The number of carbonyl (C=O) groups excluding carboxylic acids is 1. The number of hydrogen-bond acceptors (Lipinski definition) is 4. The van der Waals surface area contributed by atoms with Gasteiger partial charge < -0.3 is 9.84 Å². The molecular formula is C14H9NO3. The zero-order valence-electron chi connectivity index (χ0n) is 9.33. The van der Waals surface area contributed by atoms with Crippen molar-refractivity contribution < 1.29 is 14.6 Å². The molecule has 1 N–H and O–H groups in total. The molecule has 88 valence electrons. The Kier molecular flexibility index (Phi) is 2.34. The van der Waals surface area contributed by atoms with Crippen LogP contribution in [0.4, 0.5) is 0 Å². The first-order chi connectivity index (χ1) is 8.74. The summed E-state index contributed by atoms with van der Waals surface area (Å²) >= 11 is 0. The molecule has 1 aliphatic heterocycles. The Balaban J connectivity index is 2.00. The summed E-state index contributed by atoms with van der Waals surface area (Å²) < 4.78 is 5.43.